The number of rotatable bonds is 3. The van der Waals surface area contributed by atoms with E-state index >= 15 is 0 Å². The van der Waals surface area contributed by atoms with Crippen LogP contribution >= 0.6 is 0 Å². The van der Waals surface area contributed by atoms with Crippen LogP contribution in [0.5, 0.6) is 0 Å². The highest BCUT2D eigenvalue weighted by molar-refractivity contribution is 6.03. The number of amides is 2. The number of hydrogen-bond acceptors (Lipinski definition) is 2. The number of nitrogens with zero attached hydrogens (tertiary/aromatic N) is 1. The highest BCUT2D eigenvalue weighted by Gasteiger charge is 2.35. The van der Waals surface area contributed by atoms with Crippen LogP contribution in [0.2, 0.25) is 0 Å². The number of carbonyl (C=O) groups is 2. The molecule has 1 atom stereocenters. The van der Waals surface area contributed by atoms with Crippen LogP contribution in [0, 0.1) is 26.7 Å². The number of benzene rings is 2. The molecule has 1 N–H and O–H groups in total. The zero-order valence-corrected chi connectivity index (χ0v) is 14.3. The summed E-state index contributed by atoms with van der Waals surface area (Å²) < 4.78 is 0. The van der Waals surface area contributed by atoms with Crippen molar-refractivity contribution in [3.63, 3.8) is 0 Å². The average Bonchev–Trinajstić information content (AvgIpc) is 2.94. The van der Waals surface area contributed by atoms with Crippen molar-refractivity contribution in [3.05, 3.63) is 59.2 Å². The van der Waals surface area contributed by atoms with Gasteiger partial charge < -0.3 is 10.2 Å². The molecule has 1 aliphatic rings. The summed E-state index contributed by atoms with van der Waals surface area (Å²) in [5.41, 5.74) is 5.02. The normalized spacial score (nSPS) is 17.2. The maximum absolute atomic E-state index is 12.6. The second-order valence-electron chi connectivity index (χ2n) is 6.48. The summed E-state index contributed by atoms with van der Waals surface area (Å²) in [7, 11) is 0. The molecule has 3 rings (SSSR count). The first kappa shape index (κ1) is 16.2. The fourth-order valence-electron chi connectivity index (χ4n) is 2.98. The molecule has 2 aromatic carbocycles. The Balaban J connectivity index is 1.72. The van der Waals surface area contributed by atoms with Gasteiger partial charge in [0.25, 0.3) is 0 Å². The van der Waals surface area contributed by atoms with Gasteiger partial charge in [0.2, 0.25) is 11.8 Å². The van der Waals surface area contributed by atoms with Crippen LogP contribution in [-0.2, 0) is 9.59 Å². The minimum absolute atomic E-state index is 0.0000303. The van der Waals surface area contributed by atoms with E-state index in [1.165, 1.54) is 0 Å². The fourth-order valence-corrected chi connectivity index (χ4v) is 2.98. The molecule has 0 spiro atoms. The molecule has 4 nitrogen and oxygen atoms in total. The van der Waals surface area contributed by atoms with Gasteiger partial charge >= 0.3 is 0 Å². The monoisotopic (exact) mass is 322 g/mol. The number of anilines is 2. The molecule has 2 aromatic rings. The van der Waals surface area contributed by atoms with Gasteiger partial charge in [-0.25, -0.2) is 0 Å². The SMILES string of the molecule is Cc1ccc(N2C[C@@H](C(=O)Nc3cccc(C)c3C)CC2=O)cc1. The second-order valence-corrected chi connectivity index (χ2v) is 6.48. The van der Waals surface area contributed by atoms with Gasteiger partial charge in [0.05, 0.1) is 5.92 Å². The Morgan fingerprint density at radius 3 is 2.50 bits per heavy atom. The molecule has 0 aromatic heterocycles. The van der Waals surface area contributed by atoms with E-state index in [-0.39, 0.29) is 24.2 Å². The lowest BCUT2D eigenvalue weighted by Gasteiger charge is -2.17. The molecule has 124 valence electrons. The van der Waals surface area contributed by atoms with E-state index in [0.717, 1.165) is 28.1 Å². The fraction of sp³-hybridized carbons (Fsp3) is 0.300. The van der Waals surface area contributed by atoms with Crippen LogP contribution in [0.3, 0.4) is 0 Å². The first-order valence-electron chi connectivity index (χ1n) is 8.20. The molecule has 1 heterocycles. The largest absolute Gasteiger partial charge is 0.326 e. The quantitative estimate of drug-likeness (QED) is 0.938. The second kappa shape index (κ2) is 6.48. The summed E-state index contributed by atoms with van der Waals surface area (Å²) in [5.74, 6) is -0.412. The van der Waals surface area contributed by atoms with Crippen LogP contribution in [0.25, 0.3) is 0 Å². The van der Waals surface area contributed by atoms with E-state index in [4.69, 9.17) is 0 Å². The van der Waals surface area contributed by atoms with Crippen LogP contribution in [0.4, 0.5) is 11.4 Å². The Morgan fingerprint density at radius 2 is 1.79 bits per heavy atom. The van der Waals surface area contributed by atoms with Crippen molar-refractivity contribution in [2.24, 2.45) is 5.92 Å². The van der Waals surface area contributed by atoms with Gasteiger partial charge in [0, 0.05) is 24.3 Å². The predicted molar refractivity (Wildman–Crippen MR) is 96.2 cm³/mol. The first-order chi connectivity index (χ1) is 11.5. The van der Waals surface area contributed by atoms with Gasteiger partial charge in [-0.15, -0.1) is 0 Å². The third-order valence-corrected chi connectivity index (χ3v) is 4.70. The molecule has 2 amide bonds. The molecule has 0 radical (unpaired) electrons. The molecule has 1 saturated heterocycles. The summed E-state index contributed by atoms with van der Waals surface area (Å²) in [6.45, 7) is 6.45. The van der Waals surface area contributed by atoms with Gasteiger partial charge in [0.1, 0.15) is 0 Å². The van der Waals surface area contributed by atoms with Crippen LogP contribution < -0.4 is 10.2 Å². The third-order valence-electron chi connectivity index (χ3n) is 4.70. The summed E-state index contributed by atoms with van der Waals surface area (Å²) in [6.07, 6.45) is 0.255. The van der Waals surface area contributed by atoms with E-state index in [2.05, 4.69) is 5.32 Å². The lowest BCUT2D eigenvalue weighted by Crippen LogP contribution is -2.28. The molecule has 4 heteroatoms. The maximum Gasteiger partial charge on any atom is 0.229 e. The Morgan fingerprint density at radius 1 is 1.08 bits per heavy atom. The highest BCUT2D eigenvalue weighted by Crippen LogP contribution is 2.27. The van der Waals surface area contributed by atoms with Crippen LogP contribution in [0.15, 0.2) is 42.5 Å². The Hall–Kier alpha value is -2.62. The zero-order valence-electron chi connectivity index (χ0n) is 14.3. The summed E-state index contributed by atoms with van der Waals surface area (Å²) >= 11 is 0. The molecular weight excluding hydrogens is 300 g/mol. The number of carbonyl (C=O) groups excluding carboxylic acids is 2. The molecule has 1 aliphatic heterocycles. The minimum atomic E-state index is -0.321. The van der Waals surface area contributed by atoms with Gasteiger partial charge in [-0.1, -0.05) is 29.8 Å². The minimum Gasteiger partial charge on any atom is -0.326 e. The van der Waals surface area contributed by atoms with E-state index in [0.29, 0.717) is 6.54 Å². The zero-order chi connectivity index (χ0) is 17.3. The first-order valence-corrected chi connectivity index (χ1v) is 8.20. The van der Waals surface area contributed by atoms with Crippen molar-refractivity contribution in [1.29, 1.82) is 0 Å². The topological polar surface area (TPSA) is 49.4 Å². The lowest BCUT2D eigenvalue weighted by atomic mass is 10.1. The van der Waals surface area contributed by atoms with E-state index in [1.54, 1.807) is 4.90 Å². The Kier molecular flexibility index (Phi) is 4.38. The van der Waals surface area contributed by atoms with Crippen molar-refractivity contribution >= 4 is 23.2 Å². The number of aryl methyl sites for hydroxylation is 2. The van der Waals surface area contributed by atoms with Crippen molar-refractivity contribution in [2.45, 2.75) is 27.2 Å². The van der Waals surface area contributed by atoms with Crippen LogP contribution in [0.1, 0.15) is 23.1 Å². The van der Waals surface area contributed by atoms with Gasteiger partial charge in [-0.2, -0.15) is 0 Å². The average molecular weight is 322 g/mol. The molecule has 0 bridgehead atoms. The van der Waals surface area contributed by atoms with E-state index < -0.39 is 0 Å². The van der Waals surface area contributed by atoms with Crippen LogP contribution in [-0.4, -0.2) is 18.4 Å². The Bertz CT molecular complexity index is 781. The highest BCUT2D eigenvalue weighted by atomic mass is 16.2. The number of nitrogens with one attached hydrogen (secondary N) is 1. The lowest BCUT2D eigenvalue weighted by molar-refractivity contribution is -0.122. The third kappa shape index (κ3) is 3.18. The molecular formula is C20H22N2O2. The van der Waals surface area contributed by atoms with Crippen molar-refractivity contribution in [1.82, 2.24) is 0 Å². The number of hydrogen-bond donors (Lipinski definition) is 1. The molecule has 24 heavy (non-hydrogen) atoms. The van der Waals surface area contributed by atoms with Crippen molar-refractivity contribution in [3.8, 4) is 0 Å². The van der Waals surface area contributed by atoms with Gasteiger partial charge in [-0.3, -0.25) is 9.59 Å². The summed E-state index contributed by atoms with van der Waals surface area (Å²) in [6, 6.07) is 13.7. The molecule has 0 aliphatic carbocycles. The molecule has 0 unspecified atom stereocenters. The Labute approximate surface area is 142 Å². The summed E-state index contributed by atoms with van der Waals surface area (Å²) in [4.78, 5) is 26.6. The van der Waals surface area contributed by atoms with Gasteiger partial charge in [0.15, 0.2) is 0 Å². The maximum atomic E-state index is 12.6. The molecule has 1 fully saturated rings. The van der Waals surface area contributed by atoms with Crippen molar-refractivity contribution < 1.29 is 9.59 Å². The van der Waals surface area contributed by atoms with Crippen molar-refractivity contribution in [2.75, 3.05) is 16.8 Å². The van der Waals surface area contributed by atoms with E-state index in [1.807, 2.05) is 63.2 Å². The smallest absolute Gasteiger partial charge is 0.229 e. The summed E-state index contributed by atoms with van der Waals surface area (Å²) in [5, 5.41) is 2.98. The molecule has 0 saturated carbocycles. The van der Waals surface area contributed by atoms with E-state index in [9.17, 15) is 9.59 Å². The standard InChI is InChI=1S/C20H22N2O2/c1-13-7-9-17(10-8-13)22-12-16(11-19(22)23)20(24)21-18-6-4-5-14(2)15(18)3/h4-10,16H,11-12H2,1-3H3,(H,21,24)/t16-/m0/s1. The van der Waals surface area contributed by atoms with Gasteiger partial charge in [-0.05, 0) is 50.1 Å². The predicted octanol–water partition coefficient (Wildman–Crippen LogP) is 3.60.